The van der Waals surface area contributed by atoms with E-state index in [-0.39, 0.29) is 11.5 Å². The van der Waals surface area contributed by atoms with E-state index >= 15 is 0 Å². The van der Waals surface area contributed by atoms with Crippen molar-refractivity contribution in [1.29, 1.82) is 0 Å². The zero-order chi connectivity index (χ0) is 17.3. The number of aromatic nitrogens is 3. The summed E-state index contributed by atoms with van der Waals surface area (Å²) in [5.74, 6) is 0.519. The second-order valence-corrected chi connectivity index (χ2v) is 7.12. The van der Waals surface area contributed by atoms with Gasteiger partial charge in [-0.25, -0.2) is 9.50 Å². The number of piperidine rings is 1. The number of ether oxygens (including phenoxy) is 2. The molecule has 2 aromatic rings. The summed E-state index contributed by atoms with van der Waals surface area (Å²) < 4.78 is 13.0. The van der Waals surface area contributed by atoms with Gasteiger partial charge in [-0.1, -0.05) is 0 Å². The van der Waals surface area contributed by atoms with E-state index < -0.39 is 0 Å². The first kappa shape index (κ1) is 16.5. The maximum Gasteiger partial charge on any atom is 0.259 e. The van der Waals surface area contributed by atoms with E-state index in [9.17, 15) is 4.79 Å². The topological polar surface area (TPSA) is 69.0 Å². The van der Waals surface area contributed by atoms with Gasteiger partial charge in [-0.2, -0.15) is 5.10 Å². The van der Waals surface area contributed by atoms with Crippen LogP contribution in [0.15, 0.2) is 24.7 Å². The molecular weight excluding hydrogens is 320 g/mol. The Bertz CT molecular complexity index is 762. The van der Waals surface area contributed by atoms with Gasteiger partial charge in [0.05, 0.1) is 18.4 Å². The monoisotopic (exact) mass is 344 g/mol. The number of hydrogen-bond donors (Lipinski definition) is 0. The van der Waals surface area contributed by atoms with Gasteiger partial charge in [-0.15, -0.1) is 0 Å². The SMILES string of the molecule is COCCC1COC2(CCCN(C(=O)c3cnn4cccnc34)C2)C1. The minimum Gasteiger partial charge on any atom is -0.385 e. The number of fused-ring (bicyclic) bond motifs is 1. The third kappa shape index (κ3) is 3.14. The lowest BCUT2D eigenvalue weighted by atomic mass is 9.85. The van der Waals surface area contributed by atoms with Crippen LogP contribution >= 0.6 is 0 Å². The van der Waals surface area contributed by atoms with Gasteiger partial charge in [0.1, 0.15) is 5.56 Å². The lowest BCUT2D eigenvalue weighted by Crippen LogP contribution is -2.50. The Balaban J connectivity index is 1.49. The number of hydrogen-bond acceptors (Lipinski definition) is 5. The predicted molar refractivity (Wildman–Crippen MR) is 91.4 cm³/mol. The van der Waals surface area contributed by atoms with Crippen LogP contribution in [0.3, 0.4) is 0 Å². The Morgan fingerprint density at radius 1 is 1.52 bits per heavy atom. The summed E-state index contributed by atoms with van der Waals surface area (Å²) in [6.45, 7) is 2.95. The summed E-state index contributed by atoms with van der Waals surface area (Å²) in [5.41, 5.74) is 0.979. The van der Waals surface area contributed by atoms with Crippen LogP contribution in [0.5, 0.6) is 0 Å². The van der Waals surface area contributed by atoms with Crippen molar-refractivity contribution in [1.82, 2.24) is 19.5 Å². The molecule has 2 fully saturated rings. The minimum atomic E-state index is -0.192. The molecule has 7 nitrogen and oxygen atoms in total. The van der Waals surface area contributed by atoms with Gasteiger partial charge < -0.3 is 14.4 Å². The smallest absolute Gasteiger partial charge is 0.259 e. The van der Waals surface area contributed by atoms with Crippen LogP contribution < -0.4 is 0 Å². The number of methoxy groups -OCH3 is 1. The first-order valence-electron chi connectivity index (χ1n) is 8.91. The summed E-state index contributed by atoms with van der Waals surface area (Å²) in [6.07, 6.45) is 9.12. The van der Waals surface area contributed by atoms with E-state index in [1.807, 2.05) is 4.90 Å². The van der Waals surface area contributed by atoms with Gasteiger partial charge in [-0.3, -0.25) is 4.79 Å². The quantitative estimate of drug-likeness (QED) is 0.846. The van der Waals surface area contributed by atoms with Crippen molar-refractivity contribution in [3.63, 3.8) is 0 Å². The van der Waals surface area contributed by atoms with E-state index in [4.69, 9.17) is 9.47 Å². The second-order valence-electron chi connectivity index (χ2n) is 7.12. The van der Waals surface area contributed by atoms with Crippen molar-refractivity contribution in [3.05, 3.63) is 30.2 Å². The molecule has 4 rings (SSSR count). The largest absolute Gasteiger partial charge is 0.385 e. The molecule has 0 N–H and O–H groups in total. The summed E-state index contributed by atoms with van der Waals surface area (Å²) in [5, 5.41) is 4.23. The molecule has 0 aromatic carbocycles. The van der Waals surface area contributed by atoms with Crippen molar-refractivity contribution >= 4 is 11.6 Å². The molecule has 2 aliphatic rings. The molecule has 134 valence electrons. The number of carbonyl (C=O) groups is 1. The van der Waals surface area contributed by atoms with Crippen molar-refractivity contribution in [2.24, 2.45) is 5.92 Å². The fourth-order valence-corrected chi connectivity index (χ4v) is 4.11. The summed E-state index contributed by atoms with van der Waals surface area (Å²) in [6, 6.07) is 1.80. The summed E-state index contributed by atoms with van der Waals surface area (Å²) in [7, 11) is 1.73. The molecule has 0 saturated carbocycles. The van der Waals surface area contributed by atoms with Crippen LogP contribution in [0.4, 0.5) is 0 Å². The lowest BCUT2D eigenvalue weighted by molar-refractivity contribution is -0.0450. The molecular formula is C18H24N4O3. The molecule has 0 aliphatic carbocycles. The average Bonchev–Trinajstić information content (AvgIpc) is 3.24. The first-order chi connectivity index (χ1) is 12.2. The van der Waals surface area contributed by atoms with Crippen LogP contribution in [0.25, 0.3) is 5.65 Å². The molecule has 2 unspecified atom stereocenters. The van der Waals surface area contributed by atoms with Gasteiger partial charge in [0.2, 0.25) is 0 Å². The molecule has 2 atom stereocenters. The van der Waals surface area contributed by atoms with Crippen LogP contribution in [-0.2, 0) is 9.47 Å². The van der Waals surface area contributed by atoms with E-state index in [2.05, 4.69) is 10.1 Å². The molecule has 4 heterocycles. The minimum absolute atomic E-state index is 0.00304. The zero-order valence-electron chi connectivity index (χ0n) is 14.6. The van der Waals surface area contributed by atoms with E-state index in [1.54, 1.807) is 36.3 Å². The first-order valence-corrected chi connectivity index (χ1v) is 8.91. The summed E-state index contributed by atoms with van der Waals surface area (Å²) >= 11 is 0. The lowest BCUT2D eigenvalue weighted by Gasteiger charge is -2.39. The van der Waals surface area contributed by atoms with Gasteiger partial charge in [-0.05, 0) is 37.7 Å². The van der Waals surface area contributed by atoms with Crippen LogP contribution in [0, 0.1) is 5.92 Å². The van der Waals surface area contributed by atoms with Gasteiger partial charge >= 0.3 is 0 Å². The predicted octanol–water partition coefficient (Wildman–Crippen LogP) is 1.78. The Labute approximate surface area is 146 Å². The Morgan fingerprint density at radius 3 is 3.32 bits per heavy atom. The Morgan fingerprint density at radius 2 is 2.44 bits per heavy atom. The van der Waals surface area contributed by atoms with Crippen molar-refractivity contribution in [2.45, 2.75) is 31.3 Å². The highest BCUT2D eigenvalue weighted by Gasteiger charge is 2.44. The molecule has 2 saturated heterocycles. The van der Waals surface area contributed by atoms with Crippen LogP contribution in [0.1, 0.15) is 36.0 Å². The van der Waals surface area contributed by atoms with E-state index in [0.717, 1.165) is 45.4 Å². The molecule has 2 aliphatic heterocycles. The van der Waals surface area contributed by atoms with Crippen molar-refractivity contribution in [2.75, 3.05) is 33.4 Å². The zero-order valence-corrected chi connectivity index (χ0v) is 14.6. The normalized spacial score (nSPS) is 26.6. The highest BCUT2D eigenvalue weighted by molar-refractivity contribution is 5.99. The molecule has 7 heteroatoms. The molecule has 0 bridgehead atoms. The highest BCUT2D eigenvalue weighted by Crippen LogP contribution is 2.39. The van der Waals surface area contributed by atoms with Gasteiger partial charge in [0, 0.05) is 39.2 Å². The van der Waals surface area contributed by atoms with Crippen molar-refractivity contribution < 1.29 is 14.3 Å². The molecule has 1 amide bonds. The number of rotatable bonds is 4. The Hall–Kier alpha value is -1.99. The third-order valence-corrected chi connectivity index (χ3v) is 5.35. The van der Waals surface area contributed by atoms with Gasteiger partial charge in [0.15, 0.2) is 5.65 Å². The molecule has 1 spiro atoms. The van der Waals surface area contributed by atoms with E-state index in [1.165, 1.54) is 0 Å². The maximum absolute atomic E-state index is 13.0. The highest BCUT2D eigenvalue weighted by atomic mass is 16.5. The van der Waals surface area contributed by atoms with Crippen LogP contribution in [0.2, 0.25) is 0 Å². The summed E-state index contributed by atoms with van der Waals surface area (Å²) in [4.78, 5) is 19.2. The Kier molecular flexibility index (Phi) is 4.43. The van der Waals surface area contributed by atoms with Gasteiger partial charge in [0.25, 0.3) is 5.91 Å². The van der Waals surface area contributed by atoms with Crippen molar-refractivity contribution in [3.8, 4) is 0 Å². The fourth-order valence-electron chi connectivity index (χ4n) is 4.11. The number of nitrogens with zero attached hydrogens (tertiary/aromatic N) is 4. The van der Waals surface area contributed by atoms with Crippen LogP contribution in [-0.4, -0.2) is 64.4 Å². The van der Waals surface area contributed by atoms with E-state index in [0.29, 0.717) is 23.7 Å². The number of likely N-dealkylation sites (tertiary alicyclic amines) is 1. The number of amides is 1. The standard InChI is InChI=1S/C18H24N4O3/c1-24-9-4-14-10-18(25-12-14)5-2-7-21(13-18)17(23)15-11-20-22-8-3-6-19-16(15)22/h3,6,8,11,14H,2,4-5,7,9-10,12-13H2,1H3. The molecule has 2 aromatic heterocycles. The fraction of sp³-hybridized carbons (Fsp3) is 0.611. The third-order valence-electron chi connectivity index (χ3n) is 5.35. The average molecular weight is 344 g/mol. The maximum atomic E-state index is 13.0. The molecule has 0 radical (unpaired) electrons. The second kappa shape index (κ2) is 6.72. The molecule has 25 heavy (non-hydrogen) atoms. The number of carbonyl (C=O) groups excluding carboxylic acids is 1.